The maximum Gasteiger partial charge on any atom is 0.168 e. The SMILES string of the molecule is [Ir].[c-]1ccccc1-c1ccccn1.[c-]1ccccc1-c1nc2ncc(-c3ccccc3)cc2n1-c1ccccc1. The third kappa shape index (κ3) is 5.97. The number of benzene rings is 4. The summed E-state index contributed by atoms with van der Waals surface area (Å²) in [5.41, 5.74) is 7.93. The molecular weight excluding hydrogens is 669 g/mol. The van der Waals surface area contributed by atoms with Gasteiger partial charge in [-0.3, -0.25) is 4.98 Å². The fraction of sp³-hybridized carbons (Fsp3) is 0. The Labute approximate surface area is 247 Å². The van der Waals surface area contributed by atoms with Crippen LogP contribution in [0.1, 0.15) is 0 Å². The summed E-state index contributed by atoms with van der Waals surface area (Å²) in [7, 11) is 0. The Morgan fingerprint density at radius 3 is 1.88 bits per heavy atom. The molecule has 0 aliphatic heterocycles. The molecule has 5 heteroatoms. The first-order valence-electron chi connectivity index (χ1n) is 12.7. The van der Waals surface area contributed by atoms with Gasteiger partial charge < -0.3 is 9.55 Å². The molecule has 0 atom stereocenters. The molecule has 0 N–H and O–H groups in total. The summed E-state index contributed by atoms with van der Waals surface area (Å²) >= 11 is 0. The molecule has 7 aromatic rings. The van der Waals surface area contributed by atoms with E-state index >= 15 is 0 Å². The topological polar surface area (TPSA) is 43.6 Å². The van der Waals surface area contributed by atoms with Crippen LogP contribution in [0.5, 0.6) is 0 Å². The van der Waals surface area contributed by atoms with Gasteiger partial charge in [0.2, 0.25) is 0 Å². The molecule has 0 unspecified atom stereocenters. The summed E-state index contributed by atoms with van der Waals surface area (Å²) in [6.07, 6.45) is 3.68. The van der Waals surface area contributed by atoms with Crippen molar-refractivity contribution in [3.63, 3.8) is 0 Å². The van der Waals surface area contributed by atoms with E-state index in [2.05, 4.69) is 57.0 Å². The van der Waals surface area contributed by atoms with Crippen molar-refractivity contribution < 1.29 is 20.1 Å². The number of pyridine rings is 2. The first kappa shape index (κ1) is 26.9. The number of fused-ring (bicyclic) bond motifs is 1. The number of nitrogens with zero attached hydrogens (tertiary/aromatic N) is 4. The Kier molecular flexibility index (Phi) is 8.67. The van der Waals surface area contributed by atoms with E-state index in [0.29, 0.717) is 0 Å². The van der Waals surface area contributed by atoms with Gasteiger partial charge in [-0.2, -0.15) is 0 Å². The summed E-state index contributed by atoms with van der Waals surface area (Å²) in [5.74, 6) is 0.842. The third-order valence-corrected chi connectivity index (χ3v) is 6.23. The first-order valence-corrected chi connectivity index (χ1v) is 12.7. The van der Waals surface area contributed by atoms with Gasteiger partial charge in [0.15, 0.2) is 5.65 Å². The molecule has 0 aliphatic rings. The van der Waals surface area contributed by atoms with Crippen molar-refractivity contribution in [2.24, 2.45) is 0 Å². The van der Waals surface area contributed by atoms with Gasteiger partial charge in [0.1, 0.15) is 0 Å². The molecule has 0 amide bonds. The van der Waals surface area contributed by atoms with Crippen LogP contribution < -0.4 is 0 Å². The van der Waals surface area contributed by atoms with Gasteiger partial charge >= 0.3 is 0 Å². The number of hydrogen-bond acceptors (Lipinski definition) is 3. The van der Waals surface area contributed by atoms with E-state index in [-0.39, 0.29) is 20.1 Å². The Balaban J connectivity index is 0.000000209. The van der Waals surface area contributed by atoms with Gasteiger partial charge in [-0.15, -0.1) is 71.8 Å². The monoisotopic (exact) mass is 693 g/mol. The maximum atomic E-state index is 4.81. The molecule has 0 bridgehead atoms. The number of hydrogen-bond donors (Lipinski definition) is 0. The van der Waals surface area contributed by atoms with Crippen molar-refractivity contribution in [3.8, 4) is 39.5 Å². The fourth-order valence-electron chi connectivity index (χ4n) is 4.38. The normalized spacial score (nSPS) is 10.3. The quantitative estimate of drug-likeness (QED) is 0.175. The van der Waals surface area contributed by atoms with E-state index in [0.717, 1.165) is 50.6 Å². The second kappa shape index (κ2) is 12.9. The van der Waals surface area contributed by atoms with Crippen molar-refractivity contribution in [3.05, 3.63) is 158 Å². The van der Waals surface area contributed by atoms with E-state index in [1.54, 1.807) is 6.20 Å². The molecule has 3 aromatic heterocycles. The van der Waals surface area contributed by atoms with Crippen LogP contribution in [0.15, 0.2) is 146 Å². The predicted molar refractivity (Wildman–Crippen MR) is 157 cm³/mol. The molecule has 0 saturated carbocycles. The van der Waals surface area contributed by atoms with Gasteiger partial charge in [0.05, 0.1) is 11.3 Å². The average Bonchev–Trinajstić information content (AvgIpc) is 3.42. The number of rotatable bonds is 4. The van der Waals surface area contributed by atoms with Gasteiger partial charge in [-0.05, 0) is 35.5 Å². The molecule has 4 nitrogen and oxygen atoms in total. The molecule has 0 spiro atoms. The maximum absolute atomic E-state index is 4.81. The smallest absolute Gasteiger partial charge is 0.168 e. The van der Waals surface area contributed by atoms with Crippen molar-refractivity contribution >= 4 is 11.2 Å². The second-order valence-electron chi connectivity index (χ2n) is 8.81. The third-order valence-electron chi connectivity index (χ3n) is 6.23. The Hall–Kier alpha value is -4.70. The summed E-state index contributed by atoms with van der Waals surface area (Å²) in [6.45, 7) is 0. The van der Waals surface area contributed by atoms with Crippen LogP contribution >= 0.6 is 0 Å². The molecule has 195 valence electrons. The summed E-state index contributed by atoms with van der Waals surface area (Å²) in [5, 5.41) is 0. The van der Waals surface area contributed by atoms with Crippen LogP contribution in [0.4, 0.5) is 0 Å². The predicted octanol–water partition coefficient (Wildman–Crippen LogP) is 8.10. The molecule has 0 saturated heterocycles. The van der Waals surface area contributed by atoms with Crippen LogP contribution in [0.25, 0.3) is 50.6 Å². The van der Waals surface area contributed by atoms with Gasteiger partial charge in [-0.1, -0.05) is 60.7 Å². The molecular formula is C35H24IrN4-2. The largest absolute Gasteiger partial charge is 0.332 e. The molecule has 0 aliphatic carbocycles. The molecule has 4 aromatic carbocycles. The van der Waals surface area contributed by atoms with E-state index in [1.807, 2.05) is 109 Å². The van der Waals surface area contributed by atoms with Crippen LogP contribution in [0.2, 0.25) is 0 Å². The minimum absolute atomic E-state index is 0. The Bertz CT molecular complexity index is 1730. The van der Waals surface area contributed by atoms with Crippen molar-refractivity contribution in [1.82, 2.24) is 19.5 Å². The zero-order valence-corrected chi connectivity index (χ0v) is 23.9. The summed E-state index contributed by atoms with van der Waals surface area (Å²) in [4.78, 5) is 13.7. The van der Waals surface area contributed by atoms with Gasteiger partial charge in [-0.25, -0.2) is 4.98 Å². The minimum atomic E-state index is 0. The molecule has 3 heterocycles. The summed E-state index contributed by atoms with van der Waals surface area (Å²) < 4.78 is 2.15. The Morgan fingerprint density at radius 1 is 0.575 bits per heavy atom. The van der Waals surface area contributed by atoms with Gasteiger partial charge in [0.25, 0.3) is 0 Å². The number of aromatic nitrogens is 4. The second-order valence-corrected chi connectivity index (χ2v) is 8.81. The van der Waals surface area contributed by atoms with Crippen LogP contribution in [0, 0.1) is 12.1 Å². The van der Waals surface area contributed by atoms with Crippen molar-refractivity contribution in [2.75, 3.05) is 0 Å². The first-order chi connectivity index (χ1) is 19.4. The van der Waals surface area contributed by atoms with Crippen molar-refractivity contribution in [1.29, 1.82) is 0 Å². The van der Waals surface area contributed by atoms with Crippen LogP contribution in [-0.2, 0) is 20.1 Å². The minimum Gasteiger partial charge on any atom is -0.332 e. The zero-order valence-electron chi connectivity index (χ0n) is 21.5. The zero-order chi connectivity index (χ0) is 26.3. The van der Waals surface area contributed by atoms with E-state index < -0.39 is 0 Å². The standard InChI is InChI=1S/C24H16N3.C11H8N.Ir/c1-4-10-18(11-5-1)20-16-22-23(25-17-20)26-24(19-12-6-2-7-13-19)27(22)21-14-8-3-9-15-21;1-2-6-10(7-3-1)11-8-4-5-9-12-11;/h1-12,14-17H;1-6,8-9H;/q2*-1;. The molecule has 0 fully saturated rings. The molecule has 1 radical (unpaired) electrons. The van der Waals surface area contributed by atoms with E-state index in [1.165, 1.54) is 0 Å². The number of para-hydroxylation sites is 1. The number of imidazole rings is 1. The average molecular weight is 693 g/mol. The van der Waals surface area contributed by atoms with E-state index in [4.69, 9.17) is 4.98 Å². The Morgan fingerprint density at radius 2 is 1.23 bits per heavy atom. The molecule has 7 rings (SSSR count). The van der Waals surface area contributed by atoms with Crippen LogP contribution in [-0.4, -0.2) is 19.5 Å². The van der Waals surface area contributed by atoms with Crippen LogP contribution in [0.3, 0.4) is 0 Å². The van der Waals surface area contributed by atoms with Crippen molar-refractivity contribution in [2.45, 2.75) is 0 Å². The van der Waals surface area contributed by atoms with E-state index in [9.17, 15) is 0 Å². The van der Waals surface area contributed by atoms with Gasteiger partial charge in [0, 0.05) is 43.7 Å². The fourth-order valence-corrected chi connectivity index (χ4v) is 4.38. The molecule has 40 heavy (non-hydrogen) atoms. The summed E-state index contributed by atoms with van der Waals surface area (Å²) in [6, 6.07) is 50.7.